The minimum absolute atomic E-state index is 0.179. The number of hydrogen-bond donors (Lipinski definition) is 0. The second-order valence-corrected chi connectivity index (χ2v) is 5.81. The van der Waals surface area contributed by atoms with Crippen LogP contribution >= 0.6 is 0 Å². The van der Waals surface area contributed by atoms with Crippen LogP contribution < -0.4 is 0 Å². The number of terminal acetylenes is 1. The lowest BCUT2D eigenvalue weighted by Gasteiger charge is -2.32. The molecule has 1 saturated heterocycles. The van der Waals surface area contributed by atoms with Gasteiger partial charge >= 0.3 is 7.12 Å². The van der Waals surface area contributed by atoms with Crippen molar-refractivity contribution in [2.45, 2.75) is 51.7 Å². The van der Waals surface area contributed by atoms with E-state index in [9.17, 15) is 4.39 Å². The molecule has 0 unspecified atom stereocenters. The van der Waals surface area contributed by atoms with E-state index in [-0.39, 0.29) is 11.6 Å². The lowest BCUT2D eigenvalue weighted by Crippen LogP contribution is -2.41. The zero-order valence-corrected chi connectivity index (χ0v) is 10.8. The zero-order chi connectivity index (χ0) is 12.8. The van der Waals surface area contributed by atoms with Gasteiger partial charge in [-0.2, -0.15) is 0 Å². The molecule has 2 rings (SSSR count). The first-order valence-corrected chi connectivity index (χ1v) is 5.96. The fourth-order valence-electron chi connectivity index (χ4n) is 1.96. The van der Waals surface area contributed by atoms with Gasteiger partial charge in [-0.1, -0.05) is 0 Å². The van der Waals surface area contributed by atoms with Crippen LogP contribution in [0.25, 0.3) is 0 Å². The van der Waals surface area contributed by atoms with Gasteiger partial charge < -0.3 is 9.31 Å². The van der Waals surface area contributed by atoms with Crippen LogP contribution in [0.3, 0.4) is 0 Å². The molecule has 17 heavy (non-hydrogen) atoms. The van der Waals surface area contributed by atoms with Crippen LogP contribution in [0.5, 0.6) is 0 Å². The summed E-state index contributed by atoms with van der Waals surface area (Å²) in [5.41, 5.74) is -0.531. The van der Waals surface area contributed by atoms with Crippen LogP contribution in [0, 0.1) is 18.3 Å². The number of hydrogen-bond acceptors (Lipinski definition) is 2. The Kier molecular flexibility index (Phi) is 2.88. The molecule has 1 aliphatic heterocycles. The molecular formula is C13H18BFO2. The molecule has 2 aliphatic rings. The first-order valence-electron chi connectivity index (χ1n) is 5.96. The highest BCUT2D eigenvalue weighted by molar-refractivity contribution is 6.53. The Labute approximate surface area is 103 Å². The van der Waals surface area contributed by atoms with Crippen molar-refractivity contribution in [1.29, 1.82) is 0 Å². The van der Waals surface area contributed by atoms with Crippen LogP contribution in [-0.4, -0.2) is 18.3 Å². The molecule has 0 bridgehead atoms. The number of allylic oxidation sites excluding steroid dienone is 1. The monoisotopic (exact) mass is 236 g/mol. The topological polar surface area (TPSA) is 18.5 Å². The summed E-state index contributed by atoms with van der Waals surface area (Å²) in [5.74, 6) is 2.81. The van der Waals surface area contributed by atoms with E-state index in [0.717, 1.165) is 5.57 Å². The highest BCUT2D eigenvalue weighted by Gasteiger charge is 2.53. The SMILES string of the molecule is C#CC1CC(=C(F)B2OC(C)(C)C(C)(C)O2)C1. The second kappa shape index (κ2) is 3.86. The van der Waals surface area contributed by atoms with E-state index in [1.54, 1.807) is 0 Å². The maximum atomic E-state index is 14.1. The van der Waals surface area contributed by atoms with E-state index in [1.165, 1.54) is 0 Å². The molecular weight excluding hydrogens is 218 g/mol. The summed E-state index contributed by atoms with van der Waals surface area (Å²) in [6.07, 6.45) is 6.54. The zero-order valence-electron chi connectivity index (χ0n) is 10.8. The van der Waals surface area contributed by atoms with Crippen molar-refractivity contribution in [3.05, 3.63) is 11.3 Å². The molecule has 0 N–H and O–H groups in total. The van der Waals surface area contributed by atoms with E-state index in [2.05, 4.69) is 5.92 Å². The fourth-order valence-corrected chi connectivity index (χ4v) is 1.96. The smallest absolute Gasteiger partial charge is 0.398 e. The summed E-state index contributed by atoms with van der Waals surface area (Å²) in [4.78, 5) is 0. The van der Waals surface area contributed by atoms with E-state index in [1.807, 2.05) is 27.7 Å². The van der Waals surface area contributed by atoms with Crippen LogP contribution in [0.15, 0.2) is 11.3 Å². The lowest BCUT2D eigenvalue weighted by molar-refractivity contribution is 0.00578. The van der Waals surface area contributed by atoms with Gasteiger partial charge in [0, 0.05) is 5.92 Å². The Hall–Kier alpha value is -0.785. The summed E-state index contributed by atoms with van der Waals surface area (Å²) in [5, 5.41) is 0. The minimum atomic E-state index is -0.867. The molecule has 2 fully saturated rings. The van der Waals surface area contributed by atoms with Crippen LogP contribution in [0.1, 0.15) is 40.5 Å². The molecule has 0 spiro atoms. The standard InChI is InChI=1S/C13H18BFO2/c1-6-9-7-10(8-9)11(15)14-16-12(2,3)13(4,5)17-14/h1,9H,7-8H2,2-5H3. The molecule has 0 amide bonds. The summed E-state index contributed by atoms with van der Waals surface area (Å²) >= 11 is 0. The van der Waals surface area contributed by atoms with Crippen molar-refractivity contribution in [3.8, 4) is 12.3 Å². The largest absolute Gasteiger partial charge is 0.525 e. The van der Waals surface area contributed by atoms with Crippen LogP contribution in [0.4, 0.5) is 4.39 Å². The summed E-state index contributed by atoms with van der Waals surface area (Å²) in [6, 6.07) is 0. The number of rotatable bonds is 1. The summed E-state index contributed by atoms with van der Waals surface area (Å²) < 4.78 is 25.4. The lowest BCUT2D eigenvalue weighted by atomic mass is 9.73. The van der Waals surface area contributed by atoms with Gasteiger partial charge in [-0.05, 0) is 46.1 Å². The predicted octanol–water partition coefficient (Wildman–Crippen LogP) is 2.88. The summed E-state index contributed by atoms with van der Waals surface area (Å²) in [6.45, 7) is 7.65. The highest BCUT2D eigenvalue weighted by atomic mass is 19.1. The van der Waals surface area contributed by atoms with Crippen molar-refractivity contribution in [3.63, 3.8) is 0 Å². The van der Waals surface area contributed by atoms with Gasteiger partial charge in [0.05, 0.1) is 11.2 Å². The Morgan fingerprint density at radius 2 is 1.76 bits per heavy atom. The Bertz CT molecular complexity index is 382. The summed E-state index contributed by atoms with van der Waals surface area (Å²) in [7, 11) is -0.867. The van der Waals surface area contributed by atoms with Crippen molar-refractivity contribution in [1.82, 2.24) is 0 Å². The quantitative estimate of drug-likeness (QED) is 0.514. The highest BCUT2D eigenvalue weighted by Crippen LogP contribution is 2.42. The molecule has 1 saturated carbocycles. The van der Waals surface area contributed by atoms with Gasteiger partial charge in [0.15, 0.2) is 0 Å². The van der Waals surface area contributed by atoms with Crippen LogP contribution in [0.2, 0.25) is 0 Å². The number of halogens is 1. The van der Waals surface area contributed by atoms with Crippen molar-refractivity contribution < 1.29 is 13.7 Å². The molecule has 1 aliphatic carbocycles. The van der Waals surface area contributed by atoms with Gasteiger partial charge in [0.1, 0.15) is 5.73 Å². The molecule has 0 atom stereocenters. The molecule has 2 nitrogen and oxygen atoms in total. The van der Waals surface area contributed by atoms with Crippen LogP contribution in [-0.2, 0) is 9.31 Å². The van der Waals surface area contributed by atoms with E-state index < -0.39 is 18.3 Å². The molecule has 0 aromatic rings. The van der Waals surface area contributed by atoms with E-state index >= 15 is 0 Å². The maximum Gasteiger partial charge on any atom is 0.525 e. The van der Waals surface area contributed by atoms with Gasteiger partial charge in [-0.25, -0.2) is 4.39 Å². The van der Waals surface area contributed by atoms with Gasteiger partial charge in [0.2, 0.25) is 0 Å². The molecule has 92 valence electrons. The van der Waals surface area contributed by atoms with Crippen molar-refractivity contribution in [2.24, 2.45) is 5.92 Å². The van der Waals surface area contributed by atoms with E-state index in [4.69, 9.17) is 15.7 Å². The first-order chi connectivity index (χ1) is 7.77. The first kappa shape index (κ1) is 12.7. The third kappa shape index (κ3) is 2.03. The molecule has 0 radical (unpaired) electrons. The third-order valence-electron chi connectivity index (χ3n) is 4.02. The Morgan fingerprint density at radius 3 is 2.18 bits per heavy atom. The minimum Gasteiger partial charge on any atom is -0.398 e. The molecule has 4 heteroatoms. The van der Waals surface area contributed by atoms with Gasteiger partial charge in [-0.15, -0.1) is 12.3 Å². The van der Waals surface area contributed by atoms with Gasteiger partial charge in [0.25, 0.3) is 0 Å². The normalized spacial score (nSPS) is 29.8. The third-order valence-corrected chi connectivity index (χ3v) is 4.02. The van der Waals surface area contributed by atoms with E-state index in [0.29, 0.717) is 12.8 Å². The predicted molar refractivity (Wildman–Crippen MR) is 65.8 cm³/mol. The Morgan fingerprint density at radius 1 is 1.29 bits per heavy atom. The molecule has 1 heterocycles. The average Bonchev–Trinajstić information content (AvgIpc) is 2.34. The molecule has 0 aromatic carbocycles. The maximum absolute atomic E-state index is 14.1. The van der Waals surface area contributed by atoms with Crippen molar-refractivity contribution >= 4 is 7.12 Å². The van der Waals surface area contributed by atoms with Crippen molar-refractivity contribution in [2.75, 3.05) is 0 Å². The second-order valence-electron chi connectivity index (χ2n) is 5.81. The Balaban J connectivity index is 2.10. The average molecular weight is 236 g/mol. The molecule has 0 aromatic heterocycles. The van der Waals surface area contributed by atoms with Gasteiger partial charge in [-0.3, -0.25) is 0 Å². The fraction of sp³-hybridized carbons (Fsp3) is 0.692.